The second-order valence-electron chi connectivity index (χ2n) is 3.18. The zero-order valence-electron chi connectivity index (χ0n) is 8.31. The van der Waals surface area contributed by atoms with E-state index >= 15 is 0 Å². The molecule has 0 unspecified atom stereocenters. The molecule has 5 heteroatoms. The van der Waals surface area contributed by atoms with Crippen molar-refractivity contribution >= 4 is 11.7 Å². The molecule has 14 heavy (non-hydrogen) atoms. The zero-order valence-corrected chi connectivity index (χ0v) is 8.31. The quantitative estimate of drug-likeness (QED) is 0.317. The standard InChI is InChI=1S/C9H14N4O/c1-13(2)9-6-7(3-4-11-9)5-8(10)12-14/h3-4,6,14H,5H2,1-2H3,(H2,10,12). The maximum Gasteiger partial charge on any atom is 0.143 e. The van der Waals surface area contributed by atoms with E-state index in [9.17, 15) is 0 Å². The lowest BCUT2D eigenvalue weighted by atomic mass is 10.2. The predicted octanol–water partition coefficient (Wildman–Crippen LogP) is 0.436. The summed E-state index contributed by atoms with van der Waals surface area (Å²) in [5.41, 5.74) is 6.37. The minimum absolute atomic E-state index is 0.195. The summed E-state index contributed by atoms with van der Waals surface area (Å²) in [5, 5.41) is 11.3. The lowest BCUT2D eigenvalue weighted by Crippen LogP contribution is -2.16. The van der Waals surface area contributed by atoms with Gasteiger partial charge in [-0.1, -0.05) is 5.16 Å². The van der Waals surface area contributed by atoms with Crippen LogP contribution in [0.4, 0.5) is 5.82 Å². The molecule has 0 fully saturated rings. The Morgan fingerprint density at radius 2 is 2.36 bits per heavy atom. The zero-order chi connectivity index (χ0) is 10.6. The fourth-order valence-electron chi connectivity index (χ4n) is 1.06. The maximum absolute atomic E-state index is 8.41. The van der Waals surface area contributed by atoms with Gasteiger partial charge in [-0.25, -0.2) is 4.98 Å². The molecule has 0 atom stereocenters. The molecule has 0 aromatic carbocycles. The van der Waals surface area contributed by atoms with Crippen molar-refractivity contribution in [2.24, 2.45) is 10.9 Å². The first kappa shape index (κ1) is 10.3. The van der Waals surface area contributed by atoms with E-state index in [1.165, 1.54) is 0 Å². The molecule has 0 aliphatic heterocycles. The Morgan fingerprint density at radius 1 is 1.64 bits per heavy atom. The third-order valence-electron chi connectivity index (χ3n) is 1.78. The highest BCUT2D eigenvalue weighted by Gasteiger charge is 2.01. The van der Waals surface area contributed by atoms with E-state index in [-0.39, 0.29) is 5.84 Å². The molecule has 1 aromatic rings. The van der Waals surface area contributed by atoms with Crippen LogP contribution in [-0.4, -0.2) is 30.1 Å². The molecular formula is C9H14N4O. The molecule has 1 aromatic heterocycles. The molecule has 0 bridgehead atoms. The first-order valence-electron chi connectivity index (χ1n) is 4.22. The van der Waals surface area contributed by atoms with E-state index in [2.05, 4.69) is 10.1 Å². The van der Waals surface area contributed by atoms with Gasteiger partial charge in [0.2, 0.25) is 0 Å². The van der Waals surface area contributed by atoms with Crippen molar-refractivity contribution in [3.63, 3.8) is 0 Å². The summed E-state index contributed by atoms with van der Waals surface area (Å²) >= 11 is 0. The highest BCUT2D eigenvalue weighted by molar-refractivity contribution is 5.82. The highest BCUT2D eigenvalue weighted by atomic mass is 16.4. The number of nitrogens with zero attached hydrogens (tertiary/aromatic N) is 3. The van der Waals surface area contributed by atoms with Crippen molar-refractivity contribution in [3.05, 3.63) is 23.9 Å². The Bertz CT molecular complexity index is 335. The summed E-state index contributed by atoms with van der Waals surface area (Å²) in [5.74, 6) is 1.05. The second kappa shape index (κ2) is 4.45. The van der Waals surface area contributed by atoms with Crippen LogP contribution < -0.4 is 10.6 Å². The lowest BCUT2D eigenvalue weighted by molar-refractivity contribution is 0.317. The van der Waals surface area contributed by atoms with E-state index in [4.69, 9.17) is 10.9 Å². The fourth-order valence-corrected chi connectivity index (χ4v) is 1.06. The van der Waals surface area contributed by atoms with Gasteiger partial charge in [0.05, 0.1) is 0 Å². The molecule has 0 aliphatic rings. The summed E-state index contributed by atoms with van der Waals surface area (Å²) in [6.45, 7) is 0. The predicted molar refractivity (Wildman–Crippen MR) is 55.7 cm³/mol. The first-order chi connectivity index (χ1) is 6.63. The smallest absolute Gasteiger partial charge is 0.143 e. The number of aromatic nitrogens is 1. The van der Waals surface area contributed by atoms with Crippen LogP contribution in [0.15, 0.2) is 23.5 Å². The number of rotatable bonds is 3. The van der Waals surface area contributed by atoms with Gasteiger partial charge >= 0.3 is 0 Å². The Morgan fingerprint density at radius 3 is 2.93 bits per heavy atom. The van der Waals surface area contributed by atoms with Gasteiger partial charge in [0.15, 0.2) is 0 Å². The Kier molecular flexibility index (Phi) is 3.28. The van der Waals surface area contributed by atoms with Gasteiger partial charge in [0, 0.05) is 26.7 Å². The Hall–Kier alpha value is -1.78. The third kappa shape index (κ3) is 2.62. The first-order valence-corrected chi connectivity index (χ1v) is 4.22. The number of hydrogen-bond donors (Lipinski definition) is 2. The van der Waals surface area contributed by atoms with Gasteiger partial charge in [0.25, 0.3) is 0 Å². The molecule has 5 nitrogen and oxygen atoms in total. The van der Waals surface area contributed by atoms with Crippen LogP contribution in [0.1, 0.15) is 5.56 Å². The number of amidine groups is 1. The summed E-state index contributed by atoms with van der Waals surface area (Å²) < 4.78 is 0. The lowest BCUT2D eigenvalue weighted by Gasteiger charge is -2.11. The number of nitrogens with two attached hydrogens (primary N) is 1. The normalized spacial score (nSPS) is 11.4. The average molecular weight is 194 g/mol. The average Bonchev–Trinajstić information content (AvgIpc) is 2.18. The van der Waals surface area contributed by atoms with Crippen molar-refractivity contribution < 1.29 is 5.21 Å². The van der Waals surface area contributed by atoms with Gasteiger partial charge in [-0.3, -0.25) is 0 Å². The number of oxime groups is 1. The molecule has 1 heterocycles. The van der Waals surface area contributed by atoms with Crippen LogP contribution in [0.3, 0.4) is 0 Å². The minimum atomic E-state index is 0.195. The van der Waals surface area contributed by atoms with Crippen molar-refractivity contribution in [2.45, 2.75) is 6.42 Å². The second-order valence-corrected chi connectivity index (χ2v) is 3.18. The summed E-state index contributed by atoms with van der Waals surface area (Å²) in [4.78, 5) is 6.05. The monoisotopic (exact) mass is 194 g/mol. The van der Waals surface area contributed by atoms with Crippen molar-refractivity contribution in [1.82, 2.24) is 4.98 Å². The van der Waals surface area contributed by atoms with Crippen molar-refractivity contribution in [3.8, 4) is 0 Å². The van der Waals surface area contributed by atoms with Gasteiger partial charge in [-0.05, 0) is 17.7 Å². The van der Waals surface area contributed by atoms with Crippen molar-refractivity contribution in [2.75, 3.05) is 19.0 Å². The van der Waals surface area contributed by atoms with Crippen LogP contribution in [0.5, 0.6) is 0 Å². The Labute approximate surface area is 82.9 Å². The van der Waals surface area contributed by atoms with E-state index in [1.807, 2.05) is 31.1 Å². The summed E-state index contributed by atoms with van der Waals surface area (Å²) in [6.07, 6.45) is 2.13. The molecule has 1 rings (SSSR count). The number of pyridine rings is 1. The summed E-state index contributed by atoms with van der Waals surface area (Å²) in [6, 6.07) is 3.74. The number of anilines is 1. The van der Waals surface area contributed by atoms with Gasteiger partial charge in [-0.15, -0.1) is 0 Å². The third-order valence-corrected chi connectivity index (χ3v) is 1.78. The molecule has 0 saturated carbocycles. The van der Waals surface area contributed by atoms with E-state index in [0.29, 0.717) is 6.42 Å². The topological polar surface area (TPSA) is 74.7 Å². The number of hydrogen-bond acceptors (Lipinski definition) is 4. The van der Waals surface area contributed by atoms with Crippen LogP contribution in [0.25, 0.3) is 0 Å². The molecule has 3 N–H and O–H groups in total. The van der Waals surface area contributed by atoms with Gasteiger partial charge in [0.1, 0.15) is 11.7 Å². The molecule has 0 amide bonds. The molecule has 76 valence electrons. The largest absolute Gasteiger partial charge is 0.409 e. The fraction of sp³-hybridized carbons (Fsp3) is 0.333. The van der Waals surface area contributed by atoms with E-state index in [0.717, 1.165) is 11.4 Å². The molecule has 0 aliphatic carbocycles. The maximum atomic E-state index is 8.41. The molecule has 0 saturated heterocycles. The summed E-state index contributed by atoms with van der Waals surface area (Å²) in [7, 11) is 3.82. The molecular weight excluding hydrogens is 180 g/mol. The van der Waals surface area contributed by atoms with Crippen molar-refractivity contribution in [1.29, 1.82) is 0 Å². The van der Waals surface area contributed by atoms with Crippen LogP contribution >= 0.6 is 0 Å². The van der Waals surface area contributed by atoms with Crippen LogP contribution in [0.2, 0.25) is 0 Å². The van der Waals surface area contributed by atoms with Gasteiger partial charge < -0.3 is 15.8 Å². The van der Waals surface area contributed by atoms with E-state index in [1.54, 1.807) is 6.20 Å². The SMILES string of the molecule is CN(C)c1cc(C/C(N)=N/O)ccn1. The van der Waals surface area contributed by atoms with Crippen LogP contribution in [0, 0.1) is 0 Å². The molecule has 0 radical (unpaired) electrons. The van der Waals surface area contributed by atoms with Crippen LogP contribution in [-0.2, 0) is 6.42 Å². The molecule has 0 spiro atoms. The van der Waals surface area contributed by atoms with Gasteiger partial charge in [-0.2, -0.15) is 0 Å². The Balaban J connectivity index is 2.84. The highest BCUT2D eigenvalue weighted by Crippen LogP contribution is 2.09. The minimum Gasteiger partial charge on any atom is -0.409 e. The van der Waals surface area contributed by atoms with E-state index < -0.39 is 0 Å².